The minimum absolute atomic E-state index is 0.198. The number of rotatable bonds is 2. The van der Waals surface area contributed by atoms with Gasteiger partial charge in [-0.15, -0.1) is 10.2 Å². The Kier molecular flexibility index (Phi) is 2.36. The van der Waals surface area contributed by atoms with Crippen LogP contribution in [-0.4, -0.2) is 29.6 Å². The van der Waals surface area contributed by atoms with E-state index in [2.05, 4.69) is 20.4 Å². The number of fused-ring (bicyclic) bond motifs is 1. The van der Waals surface area contributed by atoms with Gasteiger partial charge in [0, 0.05) is 12.4 Å². The molecule has 0 radical (unpaired) electrons. The molecule has 3 aromatic rings. The van der Waals surface area contributed by atoms with Gasteiger partial charge in [0.25, 0.3) is 5.56 Å². The Bertz CT molecular complexity index is 759. The summed E-state index contributed by atoms with van der Waals surface area (Å²) in [5, 5.41) is 11.8. The van der Waals surface area contributed by atoms with Gasteiger partial charge in [0.15, 0.2) is 0 Å². The molecule has 0 saturated heterocycles. The van der Waals surface area contributed by atoms with E-state index in [0.29, 0.717) is 23.6 Å². The lowest BCUT2D eigenvalue weighted by molar-refractivity contribution is 0.552. The van der Waals surface area contributed by atoms with Crippen molar-refractivity contribution < 1.29 is 0 Å². The Balaban J connectivity index is 2.24. The van der Waals surface area contributed by atoms with Crippen molar-refractivity contribution in [1.82, 2.24) is 29.6 Å². The summed E-state index contributed by atoms with van der Waals surface area (Å²) in [6, 6.07) is 5.37. The predicted molar refractivity (Wildman–Crippen MR) is 63.9 cm³/mol. The fraction of sp³-hybridized carbons (Fsp3) is 0.182. The Labute approximate surface area is 102 Å². The van der Waals surface area contributed by atoms with Gasteiger partial charge in [-0.3, -0.25) is 9.20 Å². The fourth-order valence-electron chi connectivity index (χ4n) is 1.67. The van der Waals surface area contributed by atoms with Crippen LogP contribution in [0, 0.1) is 0 Å². The predicted octanol–water partition coefficient (Wildman–Crippen LogP) is 0.368. The summed E-state index contributed by atoms with van der Waals surface area (Å²) in [6.45, 7) is 2.51. The number of tetrazole rings is 1. The third kappa shape index (κ3) is 1.56. The maximum atomic E-state index is 12.2. The number of aromatic nitrogens is 6. The van der Waals surface area contributed by atoms with Gasteiger partial charge in [0.2, 0.25) is 5.82 Å². The average Bonchev–Trinajstić information content (AvgIpc) is 2.88. The molecule has 0 aliphatic heterocycles. The molecule has 0 bridgehead atoms. The van der Waals surface area contributed by atoms with Crippen LogP contribution < -0.4 is 5.56 Å². The van der Waals surface area contributed by atoms with Crippen LogP contribution in [0.3, 0.4) is 0 Å². The second kappa shape index (κ2) is 4.02. The molecule has 0 saturated carbocycles. The van der Waals surface area contributed by atoms with Gasteiger partial charge in [0.1, 0.15) is 11.2 Å². The first-order valence-corrected chi connectivity index (χ1v) is 5.54. The van der Waals surface area contributed by atoms with Crippen LogP contribution in [0.15, 0.2) is 35.4 Å². The molecule has 0 aliphatic carbocycles. The highest BCUT2D eigenvalue weighted by Gasteiger charge is 2.11. The van der Waals surface area contributed by atoms with Gasteiger partial charge in [0.05, 0.1) is 6.54 Å². The molecule has 0 amide bonds. The lowest BCUT2D eigenvalue weighted by atomic mass is 10.3. The summed E-state index contributed by atoms with van der Waals surface area (Å²) in [7, 11) is 0. The van der Waals surface area contributed by atoms with Crippen molar-refractivity contribution >= 4 is 5.65 Å². The summed E-state index contributed by atoms with van der Waals surface area (Å²) in [5.41, 5.74) is 0.740. The Morgan fingerprint density at radius 2 is 2.22 bits per heavy atom. The third-order valence-electron chi connectivity index (χ3n) is 2.59. The zero-order valence-electron chi connectivity index (χ0n) is 9.69. The quantitative estimate of drug-likeness (QED) is 0.648. The van der Waals surface area contributed by atoms with E-state index >= 15 is 0 Å². The summed E-state index contributed by atoms with van der Waals surface area (Å²) >= 11 is 0. The molecule has 0 aliphatic rings. The second-order valence-electron chi connectivity index (χ2n) is 3.71. The average molecular weight is 242 g/mol. The molecule has 7 nitrogen and oxygen atoms in total. The van der Waals surface area contributed by atoms with E-state index in [9.17, 15) is 4.79 Å². The van der Waals surface area contributed by atoms with Crippen molar-refractivity contribution in [3.05, 3.63) is 40.9 Å². The molecule has 0 spiro atoms. The van der Waals surface area contributed by atoms with E-state index < -0.39 is 0 Å². The molecule has 3 aromatic heterocycles. The van der Waals surface area contributed by atoms with Crippen molar-refractivity contribution in [1.29, 1.82) is 0 Å². The third-order valence-corrected chi connectivity index (χ3v) is 2.59. The van der Waals surface area contributed by atoms with Crippen molar-refractivity contribution in [3.63, 3.8) is 0 Å². The number of aryl methyl sites for hydroxylation is 1. The molecule has 7 heteroatoms. The van der Waals surface area contributed by atoms with Crippen molar-refractivity contribution in [2.24, 2.45) is 0 Å². The Hall–Kier alpha value is -2.57. The maximum absolute atomic E-state index is 12.2. The zero-order chi connectivity index (χ0) is 12.5. The zero-order valence-corrected chi connectivity index (χ0v) is 9.69. The molecule has 3 rings (SSSR count). The van der Waals surface area contributed by atoms with Crippen LogP contribution in [-0.2, 0) is 6.54 Å². The van der Waals surface area contributed by atoms with Crippen molar-refractivity contribution in [2.45, 2.75) is 13.5 Å². The van der Waals surface area contributed by atoms with Crippen LogP contribution in [0.2, 0.25) is 0 Å². The van der Waals surface area contributed by atoms with E-state index in [1.807, 2.05) is 13.0 Å². The standard InChI is InChI=1S/C11H10N6O/c1-2-17-14-10(13-15-17)8-7-12-9-5-3-4-6-16(9)11(8)18/h3-7H,2H2,1H3. The molecular formula is C11H10N6O. The Morgan fingerprint density at radius 1 is 1.33 bits per heavy atom. The number of hydrogen-bond acceptors (Lipinski definition) is 5. The lowest BCUT2D eigenvalue weighted by Gasteiger charge is -2.00. The first kappa shape index (κ1) is 10.6. The van der Waals surface area contributed by atoms with Crippen LogP contribution in [0.1, 0.15) is 6.92 Å². The number of hydrogen-bond donors (Lipinski definition) is 0. The van der Waals surface area contributed by atoms with Crippen LogP contribution >= 0.6 is 0 Å². The molecule has 0 aromatic carbocycles. The highest BCUT2D eigenvalue weighted by atomic mass is 16.1. The molecule has 3 heterocycles. The van der Waals surface area contributed by atoms with E-state index in [4.69, 9.17) is 0 Å². The molecule has 0 N–H and O–H groups in total. The Morgan fingerprint density at radius 3 is 3.00 bits per heavy atom. The first-order chi connectivity index (χ1) is 8.79. The van der Waals surface area contributed by atoms with Gasteiger partial charge >= 0.3 is 0 Å². The van der Waals surface area contributed by atoms with Gasteiger partial charge in [-0.1, -0.05) is 6.07 Å². The summed E-state index contributed by atoms with van der Waals surface area (Å²) in [4.78, 5) is 17.9. The highest BCUT2D eigenvalue weighted by molar-refractivity contribution is 5.53. The second-order valence-corrected chi connectivity index (χ2v) is 3.71. The minimum Gasteiger partial charge on any atom is -0.268 e. The summed E-state index contributed by atoms with van der Waals surface area (Å²) in [5.74, 6) is 0.299. The lowest BCUT2D eigenvalue weighted by Crippen LogP contribution is -2.17. The molecule has 0 atom stereocenters. The van der Waals surface area contributed by atoms with Crippen molar-refractivity contribution in [2.75, 3.05) is 0 Å². The van der Waals surface area contributed by atoms with Crippen LogP contribution in [0.25, 0.3) is 17.0 Å². The van der Waals surface area contributed by atoms with Crippen LogP contribution in [0.5, 0.6) is 0 Å². The van der Waals surface area contributed by atoms with E-state index in [1.54, 1.807) is 18.3 Å². The summed E-state index contributed by atoms with van der Waals surface area (Å²) < 4.78 is 1.46. The van der Waals surface area contributed by atoms with E-state index in [-0.39, 0.29) is 5.56 Å². The largest absolute Gasteiger partial charge is 0.269 e. The molecule has 18 heavy (non-hydrogen) atoms. The molecule has 0 fully saturated rings. The van der Waals surface area contributed by atoms with Gasteiger partial charge in [-0.05, 0) is 24.3 Å². The SMILES string of the molecule is CCn1nnc(-c2cnc3ccccn3c2=O)n1. The topological polar surface area (TPSA) is 78.0 Å². The van der Waals surface area contributed by atoms with Crippen LogP contribution in [0.4, 0.5) is 0 Å². The maximum Gasteiger partial charge on any atom is 0.269 e. The molecule has 90 valence electrons. The number of pyridine rings is 1. The van der Waals surface area contributed by atoms with Gasteiger partial charge in [-0.25, -0.2) is 4.98 Å². The van der Waals surface area contributed by atoms with Gasteiger partial charge < -0.3 is 0 Å². The highest BCUT2D eigenvalue weighted by Crippen LogP contribution is 2.07. The summed E-state index contributed by atoms with van der Waals surface area (Å²) in [6.07, 6.45) is 3.15. The number of nitrogens with zero attached hydrogens (tertiary/aromatic N) is 6. The fourth-order valence-corrected chi connectivity index (χ4v) is 1.67. The van der Waals surface area contributed by atoms with E-state index in [1.165, 1.54) is 15.4 Å². The molecular weight excluding hydrogens is 232 g/mol. The normalized spacial score (nSPS) is 10.9. The smallest absolute Gasteiger partial charge is 0.268 e. The van der Waals surface area contributed by atoms with Gasteiger partial charge in [-0.2, -0.15) is 4.80 Å². The van der Waals surface area contributed by atoms with E-state index in [0.717, 1.165) is 0 Å². The first-order valence-electron chi connectivity index (χ1n) is 5.54. The minimum atomic E-state index is -0.198. The molecule has 0 unspecified atom stereocenters. The van der Waals surface area contributed by atoms with Crippen molar-refractivity contribution in [3.8, 4) is 11.4 Å². The monoisotopic (exact) mass is 242 g/mol.